The Bertz CT molecular complexity index is 1050. The Balaban J connectivity index is 1.80. The molecular weight excluding hydrogens is 393 g/mol. The zero-order valence-corrected chi connectivity index (χ0v) is 17.0. The molecule has 0 radical (unpaired) electrons. The van der Waals surface area contributed by atoms with Crippen LogP contribution in [0.4, 0.5) is 4.39 Å². The van der Waals surface area contributed by atoms with Gasteiger partial charge in [-0.2, -0.15) is 0 Å². The molecule has 7 heteroatoms. The van der Waals surface area contributed by atoms with Crippen molar-refractivity contribution in [1.29, 1.82) is 0 Å². The summed E-state index contributed by atoms with van der Waals surface area (Å²) in [5.41, 5.74) is 2.01. The van der Waals surface area contributed by atoms with Crippen molar-refractivity contribution in [1.82, 2.24) is 14.9 Å². The molecular formula is C22H21ClFN3O2. The summed E-state index contributed by atoms with van der Waals surface area (Å²) in [5.74, 6) is 5.86. The molecule has 0 amide bonds. The third-order valence-corrected chi connectivity index (χ3v) is 4.13. The molecule has 0 aliphatic carbocycles. The molecule has 1 aromatic heterocycles. The van der Waals surface area contributed by atoms with Crippen molar-refractivity contribution in [2.45, 2.75) is 0 Å². The van der Waals surface area contributed by atoms with Crippen LogP contribution in [0.2, 0.25) is 5.02 Å². The Morgan fingerprint density at radius 1 is 1.00 bits per heavy atom. The maximum absolute atomic E-state index is 13.6. The summed E-state index contributed by atoms with van der Waals surface area (Å²) in [6.45, 7) is 2.16. The Morgan fingerprint density at radius 2 is 1.86 bits per heavy atom. The number of aromatic nitrogens is 2. The van der Waals surface area contributed by atoms with E-state index in [-0.39, 0.29) is 11.7 Å². The van der Waals surface area contributed by atoms with E-state index in [0.29, 0.717) is 41.6 Å². The first kappa shape index (κ1) is 21.0. The van der Waals surface area contributed by atoms with Gasteiger partial charge in [-0.3, -0.25) is 0 Å². The highest BCUT2D eigenvalue weighted by molar-refractivity contribution is 6.30. The average Bonchev–Trinajstić information content (AvgIpc) is 2.68. The minimum Gasteiger partial charge on any atom is -0.473 e. The third kappa shape index (κ3) is 6.40. The van der Waals surface area contributed by atoms with Gasteiger partial charge in [-0.05, 0) is 50.3 Å². The number of hydrogen-bond donors (Lipinski definition) is 0. The van der Waals surface area contributed by atoms with E-state index in [4.69, 9.17) is 21.1 Å². The van der Waals surface area contributed by atoms with Gasteiger partial charge < -0.3 is 14.4 Å². The van der Waals surface area contributed by atoms with Crippen LogP contribution in [0, 0.1) is 17.7 Å². The average molecular weight is 414 g/mol. The summed E-state index contributed by atoms with van der Waals surface area (Å²) in [5, 5.41) is 0.592. The maximum atomic E-state index is 13.6. The van der Waals surface area contributed by atoms with Crippen LogP contribution >= 0.6 is 11.6 Å². The quantitative estimate of drug-likeness (QED) is 0.436. The molecule has 0 unspecified atom stereocenters. The molecule has 0 atom stereocenters. The third-order valence-electron chi connectivity index (χ3n) is 3.89. The van der Waals surface area contributed by atoms with Crippen LogP contribution in [0.25, 0.3) is 11.0 Å². The van der Waals surface area contributed by atoms with Crippen LogP contribution in [0.3, 0.4) is 0 Å². The topological polar surface area (TPSA) is 47.5 Å². The SMILES string of the molecule is CN(C)CCOCCOc1nc2ccc(F)cc2nc1C#Cc1cccc(Cl)c1. The van der Waals surface area contributed by atoms with E-state index in [9.17, 15) is 4.39 Å². The predicted molar refractivity (Wildman–Crippen MR) is 112 cm³/mol. The van der Waals surface area contributed by atoms with E-state index in [1.807, 2.05) is 31.1 Å². The number of hydrogen-bond acceptors (Lipinski definition) is 5. The zero-order chi connectivity index (χ0) is 20.6. The molecule has 0 aliphatic heterocycles. The van der Waals surface area contributed by atoms with Crippen LogP contribution < -0.4 is 4.74 Å². The maximum Gasteiger partial charge on any atom is 0.249 e. The Labute approximate surface area is 174 Å². The van der Waals surface area contributed by atoms with Crippen molar-refractivity contribution in [3.05, 3.63) is 64.6 Å². The van der Waals surface area contributed by atoms with Crippen LogP contribution in [0.1, 0.15) is 11.3 Å². The van der Waals surface area contributed by atoms with Gasteiger partial charge in [0, 0.05) is 23.2 Å². The van der Waals surface area contributed by atoms with Crippen LogP contribution in [0.5, 0.6) is 5.88 Å². The van der Waals surface area contributed by atoms with Crippen molar-refractivity contribution < 1.29 is 13.9 Å². The summed E-state index contributed by atoms with van der Waals surface area (Å²) < 4.78 is 24.9. The summed E-state index contributed by atoms with van der Waals surface area (Å²) in [7, 11) is 3.97. The molecule has 3 rings (SSSR count). The summed E-state index contributed by atoms with van der Waals surface area (Å²) in [6.07, 6.45) is 0. The number of fused-ring (bicyclic) bond motifs is 1. The van der Waals surface area contributed by atoms with Crippen molar-refractivity contribution in [3.63, 3.8) is 0 Å². The Morgan fingerprint density at radius 3 is 2.66 bits per heavy atom. The zero-order valence-electron chi connectivity index (χ0n) is 16.3. The van der Waals surface area contributed by atoms with Crippen molar-refractivity contribution >= 4 is 22.6 Å². The number of likely N-dealkylation sites (N-methyl/N-ethyl adjacent to an activating group) is 1. The monoisotopic (exact) mass is 413 g/mol. The fraction of sp³-hybridized carbons (Fsp3) is 0.273. The molecule has 0 fully saturated rings. The lowest BCUT2D eigenvalue weighted by atomic mass is 10.2. The summed E-state index contributed by atoms with van der Waals surface area (Å²) in [4.78, 5) is 10.9. The van der Waals surface area contributed by atoms with Crippen molar-refractivity contribution in [2.24, 2.45) is 0 Å². The minimum absolute atomic E-state index is 0.287. The van der Waals surface area contributed by atoms with Crippen LogP contribution in [-0.2, 0) is 4.74 Å². The van der Waals surface area contributed by atoms with Gasteiger partial charge in [0.1, 0.15) is 12.4 Å². The number of halogens is 2. The smallest absolute Gasteiger partial charge is 0.249 e. The molecule has 0 saturated carbocycles. The molecule has 29 heavy (non-hydrogen) atoms. The van der Waals surface area contributed by atoms with Crippen LogP contribution in [0.15, 0.2) is 42.5 Å². The number of rotatable bonds is 7. The van der Waals surface area contributed by atoms with E-state index in [1.54, 1.807) is 18.2 Å². The molecule has 1 heterocycles. The number of ether oxygens (including phenoxy) is 2. The first-order valence-corrected chi connectivity index (χ1v) is 9.49. The number of benzene rings is 2. The van der Waals surface area contributed by atoms with Gasteiger partial charge in [-0.1, -0.05) is 23.6 Å². The fourth-order valence-corrected chi connectivity index (χ4v) is 2.63. The fourth-order valence-electron chi connectivity index (χ4n) is 2.44. The standard InChI is InChI=1S/C22H21ClFN3O2/c1-27(2)10-11-28-12-13-29-22-20(8-6-16-4-3-5-17(23)14-16)25-21-15-18(24)7-9-19(21)26-22/h3-5,7,9,14-15H,10-13H2,1-2H3. The van der Waals surface area contributed by atoms with Gasteiger partial charge in [0.05, 0.1) is 24.2 Å². The molecule has 2 aromatic carbocycles. The second-order valence-corrected chi connectivity index (χ2v) is 6.97. The normalized spacial score (nSPS) is 10.8. The minimum atomic E-state index is -0.386. The highest BCUT2D eigenvalue weighted by atomic mass is 35.5. The molecule has 0 N–H and O–H groups in total. The highest BCUT2D eigenvalue weighted by Gasteiger charge is 2.10. The van der Waals surface area contributed by atoms with E-state index < -0.39 is 0 Å². The second kappa shape index (κ2) is 10.2. The van der Waals surface area contributed by atoms with Gasteiger partial charge in [-0.15, -0.1) is 0 Å². The van der Waals surface area contributed by atoms with Crippen molar-refractivity contribution in [3.8, 4) is 17.7 Å². The Hall–Kier alpha value is -2.72. The van der Waals surface area contributed by atoms with Crippen molar-refractivity contribution in [2.75, 3.05) is 40.5 Å². The van der Waals surface area contributed by atoms with Gasteiger partial charge in [0.25, 0.3) is 0 Å². The lowest BCUT2D eigenvalue weighted by Gasteiger charge is -2.11. The van der Waals surface area contributed by atoms with Gasteiger partial charge in [0.15, 0.2) is 5.69 Å². The molecule has 3 aromatic rings. The van der Waals surface area contributed by atoms with Gasteiger partial charge in [0.2, 0.25) is 5.88 Å². The van der Waals surface area contributed by atoms with Crippen LogP contribution in [-0.4, -0.2) is 55.3 Å². The van der Waals surface area contributed by atoms with Gasteiger partial charge in [-0.25, -0.2) is 14.4 Å². The van der Waals surface area contributed by atoms with E-state index in [1.165, 1.54) is 12.1 Å². The summed E-state index contributed by atoms with van der Waals surface area (Å²) in [6, 6.07) is 11.4. The first-order chi connectivity index (χ1) is 14.0. The first-order valence-electron chi connectivity index (χ1n) is 9.11. The number of nitrogens with zero attached hydrogens (tertiary/aromatic N) is 3. The Kier molecular flexibility index (Phi) is 7.36. The lowest BCUT2D eigenvalue weighted by Crippen LogP contribution is -2.19. The molecule has 0 saturated heterocycles. The molecule has 0 spiro atoms. The van der Waals surface area contributed by atoms with E-state index >= 15 is 0 Å². The second-order valence-electron chi connectivity index (χ2n) is 6.53. The lowest BCUT2D eigenvalue weighted by molar-refractivity contribution is 0.0875. The van der Waals surface area contributed by atoms with E-state index in [0.717, 1.165) is 12.1 Å². The summed E-state index contributed by atoms with van der Waals surface area (Å²) >= 11 is 6.00. The largest absolute Gasteiger partial charge is 0.473 e. The highest BCUT2D eigenvalue weighted by Crippen LogP contribution is 2.19. The molecule has 0 bridgehead atoms. The molecule has 5 nitrogen and oxygen atoms in total. The van der Waals surface area contributed by atoms with Gasteiger partial charge >= 0.3 is 0 Å². The predicted octanol–water partition coefficient (Wildman–Crippen LogP) is 3.78. The molecule has 0 aliphatic rings. The van der Waals surface area contributed by atoms with E-state index in [2.05, 4.69) is 21.8 Å². The molecule has 150 valence electrons.